The van der Waals surface area contributed by atoms with Crippen molar-refractivity contribution in [2.24, 2.45) is 5.41 Å². The lowest BCUT2D eigenvalue weighted by atomic mass is 9.96. The molecule has 4 heterocycles. The molecule has 0 amide bonds. The summed E-state index contributed by atoms with van der Waals surface area (Å²) in [5.74, 6) is 0.411. The van der Waals surface area contributed by atoms with Gasteiger partial charge >= 0.3 is 6.01 Å². The van der Waals surface area contributed by atoms with Crippen LogP contribution >= 0.6 is 11.6 Å². The highest BCUT2D eigenvalue weighted by atomic mass is 35.5. The Morgan fingerprint density at radius 2 is 1.71 bits per heavy atom. The van der Waals surface area contributed by atoms with Crippen molar-refractivity contribution in [3.05, 3.63) is 59.4 Å². The van der Waals surface area contributed by atoms with Crippen LogP contribution in [-0.2, 0) is 0 Å². The molecule has 212 valence electrons. The molecule has 2 atom stereocenters. The van der Waals surface area contributed by atoms with E-state index < -0.39 is 0 Å². The molecule has 41 heavy (non-hydrogen) atoms. The van der Waals surface area contributed by atoms with E-state index in [1.807, 2.05) is 48.5 Å². The van der Waals surface area contributed by atoms with Crippen molar-refractivity contribution in [2.75, 3.05) is 44.2 Å². The maximum absolute atomic E-state index is 16.6. The third-order valence-corrected chi connectivity index (χ3v) is 9.96. The molecular formula is C33H35ClFN5O. The second kappa shape index (κ2) is 10.1. The van der Waals surface area contributed by atoms with Crippen molar-refractivity contribution in [1.82, 2.24) is 20.2 Å². The highest BCUT2D eigenvalue weighted by molar-refractivity contribution is 6.36. The Kier molecular flexibility index (Phi) is 6.31. The number of hydrogen-bond donors (Lipinski definition) is 1. The predicted molar refractivity (Wildman–Crippen MR) is 162 cm³/mol. The number of piperazine rings is 1. The van der Waals surface area contributed by atoms with Crippen molar-refractivity contribution in [1.29, 1.82) is 0 Å². The van der Waals surface area contributed by atoms with Crippen molar-refractivity contribution >= 4 is 39.1 Å². The van der Waals surface area contributed by atoms with Crippen molar-refractivity contribution < 1.29 is 9.13 Å². The number of benzene rings is 3. The van der Waals surface area contributed by atoms with E-state index in [2.05, 4.69) is 15.1 Å². The number of hydrogen-bond acceptors (Lipinski definition) is 6. The van der Waals surface area contributed by atoms with Crippen molar-refractivity contribution in [3.8, 4) is 17.1 Å². The number of likely N-dealkylation sites (tertiary alicyclic amines) is 1. The predicted octanol–water partition coefficient (Wildman–Crippen LogP) is 6.44. The number of halogens is 2. The highest BCUT2D eigenvalue weighted by Gasteiger charge is 2.45. The zero-order valence-corrected chi connectivity index (χ0v) is 24.0. The minimum atomic E-state index is -0.361. The Balaban J connectivity index is 1.21. The molecule has 3 aliphatic heterocycles. The zero-order chi connectivity index (χ0) is 27.6. The number of rotatable bonds is 7. The summed E-state index contributed by atoms with van der Waals surface area (Å²) >= 11 is 6.63. The van der Waals surface area contributed by atoms with E-state index in [1.54, 1.807) is 0 Å². The van der Waals surface area contributed by atoms with Gasteiger partial charge in [0, 0.05) is 58.5 Å². The molecule has 8 heteroatoms. The summed E-state index contributed by atoms with van der Waals surface area (Å²) in [7, 11) is 0. The molecule has 3 aromatic carbocycles. The molecule has 8 rings (SSSR count). The average molecular weight is 572 g/mol. The molecule has 0 radical (unpaired) electrons. The van der Waals surface area contributed by atoms with Crippen LogP contribution in [0.25, 0.3) is 32.8 Å². The fourth-order valence-corrected chi connectivity index (χ4v) is 7.57. The Morgan fingerprint density at radius 1 is 0.951 bits per heavy atom. The smallest absolute Gasteiger partial charge is 0.319 e. The van der Waals surface area contributed by atoms with Gasteiger partial charge in [0.1, 0.15) is 11.3 Å². The van der Waals surface area contributed by atoms with Gasteiger partial charge in [-0.2, -0.15) is 9.97 Å². The molecule has 2 bridgehead atoms. The van der Waals surface area contributed by atoms with Gasteiger partial charge < -0.3 is 19.9 Å². The fraction of sp³-hybridized carbons (Fsp3) is 0.455. The monoisotopic (exact) mass is 571 g/mol. The third kappa shape index (κ3) is 4.72. The van der Waals surface area contributed by atoms with E-state index in [4.69, 9.17) is 26.3 Å². The summed E-state index contributed by atoms with van der Waals surface area (Å²) in [6, 6.07) is 16.6. The van der Waals surface area contributed by atoms with Gasteiger partial charge in [0.25, 0.3) is 0 Å². The second-order valence-electron chi connectivity index (χ2n) is 12.6. The summed E-state index contributed by atoms with van der Waals surface area (Å²) in [5, 5.41) is 6.85. The Hall–Kier alpha value is -3.00. The zero-order valence-electron chi connectivity index (χ0n) is 23.2. The minimum Gasteiger partial charge on any atom is -0.463 e. The van der Waals surface area contributed by atoms with E-state index in [-0.39, 0.29) is 17.2 Å². The Labute approximate surface area is 244 Å². The first kappa shape index (κ1) is 25.7. The number of anilines is 1. The molecule has 1 aromatic heterocycles. The molecule has 0 spiro atoms. The standard InChI is InChI=1S/C33H35ClFN5O/c34-27-8-4-6-21-5-3-7-24(28(21)27)25-11-12-26-30(29(25)35)37-32(38-31(26)40-17-22-9-10-23(18-40)36-22)41-20-33(13-14-33)19-39-15-1-2-16-39/h3-8,11-12,22-23,36H,1-2,9-10,13-20H2. The van der Waals surface area contributed by atoms with Crippen LogP contribution in [0.3, 0.4) is 0 Å². The molecule has 1 N–H and O–H groups in total. The van der Waals surface area contributed by atoms with Crippen molar-refractivity contribution in [3.63, 3.8) is 0 Å². The fourth-order valence-electron chi connectivity index (χ4n) is 7.29. The number of fused-ring (bicyclic) bond motifs is 4. The first-order valence-corrected chi connectivity index (χ1v) is 15.5. The second-order valence-corrected chi connectivity index (χ2v) is 13.0. The largest absolute Gasteiger partial charge is 0.463 e. The maximum atomic E-state index is 16.6. The first-order chi connectivity index (χ1) is 20.1. The molecular weight excluding hydrogens is 537 g/mol. The van der Waals surface area contributed by atoms with Gasteiger partial charge in [-0.1, -0.05) is 48.0 Å². The van der Waals surface area contributed by atoms with Crippen molar-refractivity contribution in [2.45, 2.75) is 50.6 Å². The first-order valence-electron chi connectivity index (χ1n) is 15.1. The third-order valence-electron chi connectivity index (χ3n) is 9.65. The van der Waals surface area contributed by atoms with Crippen LogP contribution in [0.15, 0.2) is 48.5 Å². The Bertz CT molecular complexity index is 1620. The number of aromatic nitrogens is 2. The minimum absolute atomic E-state index is 0.164. The lowest BCUT2D eigenvalue weighted by molar-refractivity contribution is 0.170. The van der Waals surface area contributed by atoms with Crippen LogP contribution in [0.5, 0.6) is 6.01 Å². The van der Waals surface area contributed by atoms with Crippen LogP contribution in [-0.4, -0.2) is 66.3 Å². The summed E-state index contributed by atoms with van der Waals surface area (Å²) in [5.41, 5.74) is 1.72. The van der Waals surface area contributed by atoms with E-state index >= 15 is 4.39 Å². The molecule has 3 saturated heterocycles. The average Bonchev–Trinajstić information content (AvgIpc) is 3.38. The van der Waals surface area contributed by atoms with Gasteiger partial charge in [-0.3, -0.25) is 0 Å². The van der Waals surface area contributed by atoms with Gasteiger partial charge in [0.2, 0.25) is 0 Å². The van der Waals surface area contributed by atoms with Gasteiger partial charge in [0.05, 0.1) is 6.61 Å². The summed E-state index contributed by atoms with van der Waals surface area (Å²) in [4.78, 5) is 14.6. The topological polar surface area (TPSA) is 53.5 Å². The van der Waals surface area contributed by atoms with Crippen LogP contribution in [0.2, 0.25) is 5.02 Å². The quantitative estimate of drug-likeness (QED) is 0.276. The van der Waals surface area contributed by atoms with Gasteiger partial charge in [-0.15, -0.1) is 0 Å². The van der Waals surface area contributed by atoms with Crippen LogP contribution in [0, 0.1) is 11.2 Å². The number of nitrogens with one attached hydrogen (secondary N) is 1. The number of ether oxygens (including phenoxy) is 1. The molecule has 1 aliphatic carbocycles. The normalized spacial score (nSPS) is 23.5. The molecule has 4 fully saturated rings. The number of nitrogens with zero attached hydrogens (tertiary/aromatic N) is 4. The van der Waals surface area contributed by atoms with Gasteiger partial charge in [0.15, 0.2) is 5.82 Å². The molecule has 4 aromatic rings. The SMILES string of the molecule is Fc1c(-c2cccc3cccc(Cl)c23)ccc2c(N3CC4CCC(C3)N4)nc(OCC3(CN4CCCC4)CC3)nc12. The lowest BCUT2D eigenvalue weighted by Crippen LogP contribution is -2.51. The van der Waals surface area contributed by atoms with Crippen LogP contribution in [0.4, 0.5) is 10.2 Å². The summed E-state index contributed by atoms with van der Waals surface area (Å²) < 4.78 is 23.0. The summed E-state index contributed by atoms with van der Waals surface area (Å²) in [6.07, 6.45) is 7.20. The van der Waals surface area contributed by atoms with E-state index in [0.717, 1.165) is 72.9 Å². The molecule has 2 unspecified atom stereocenters. The van der Waals surface area contributed by atoms with E-state index in [9.17, 15) is 0 Å². The van der Waals surface area contributed by atoms with Crippen LogP contribution < -0.4 is 15.0 Å². The summed E-state index contributed by atoms with van der Waals surface area (Å²) in [6.45, 7) is 5.69. The van der Waals surface area contributed by atoms with Gasteiger partial charge in [-0.05, 0) is 74.7 Å². The maximum Gasteiger partial charge on any atom is 0.319 e. The van der Waals surface area contributed by atoms with E-state index in [0.29, 0.717) is 34.8 Å². The highest BCUT2D eigenvalue weighted by Crippen LogP contribution is 2.47. The molecule has 6 nitrogen and oxygen atoms in total. The molecule has 4 aliphatic rings. The van der Waals surface area contributed by atoms with Gasteiger partial charge in [-0.25, -0.2) is 4.39 Å². The van der Waals surface area contributed by atoms with Crippen LogP contribution in [0.1, 0.15) is 38.5 Å². The molecule has 1 saturated carbocycles. The van der Waals surface area contributed by atoms with E-state index in [1.165, 1.54) is 25.9 Å². The Morgan fingerprint density at radius 3 is 2.46 bits per heavy atom. The lowest BCUT2D eigenvalue weighted by Gasteiger charge is -2.34.